The number of nitrogens with one attached hydrogen (secondary N) is 4. The Hall–Kier alpha value is -12.9. The van der Waals surface area contributed by atoms with E-state index in [-0.39, 0.29) is 34.7 Å². The Bertz CT molecular complexity index is 6890. The zero-order valence-corrected chi connectivity index (χ0v) is 71.5. The van der Waals surface area contributed by atoms with Crippen LogP contribution in [-0.4, -0.2) is 186 Å². The molecule has 25 nitrogen and oxygen atoms in total. The zero-order valence-electron chi connectivity index (χ0n) is 71.5. The number of pyridine rings is 8. The van der Waals surface area contributed by atoms with E-state index in [4.69, 9.17) is 24.9 Å². The number of aryl methyl sites for hydroxylation is 2. The number of halogens is 4. The van der Waals surface area contributed by atoms with Crippen molar-refractivity contribution in [1.29, 1.82) is 0 Å². The van der Waals surface area contributed by atoms with Crippen molar-refractivity contribution in [3.63, 3.8) is 0 Å². The van der Waals surface area contributed by atoms with Gasteiger partial charge in [0.05, 0.1) is 66.4 Å². The molecule has 4 saturated heterocycles. The summed E-state index contributed by atoms with van der Waals surface area (Å²) >= 11 is 0. The molecule has 4 aliphatic rings. The van der Waals surface area contributed by atoms with Crippen LogP contribution in [0.5, 0.6) is 0 Å². The van der Waals surface area contributed by atoms with E-state index in [1.807, 2.05) is 104 Å². The monoisotopic (exact) mass is 1660 g/mol. The van der Waals surface area contributed by atoms with Gasteiger partial charge >= 0.3 is 0 Å². The number of aromatic nitrogens is 12. The second kappa shape index (κ2) is 33.5. The van der Waals surface area contributed by atoms with Crippen molar-refractivity contribution in [1.82, 2.24) is 83.6 Å². The number of nitrogens with zero attached hydrogens (tertiary/aromatic N) is 17. The number of carbonyl (C=O) groups excluding carboxylic acids is 4. The van der Waals surface area contributed by atoms with Crippen LogP contribution in [0.2, 0.25) is 0 Å². The highest BCUT2D eigenvalue weighted by Crippen LogP contribution is 2.41. The molecule has 4 aliphatic heterocycles. The Morgan fingerprint density at radius 1 is 0.366 bits per heavy atom. The molecule has 4 aromatic carbocycles. The second-order valence-electron chi connectivity index (χ2n) is 34.3. The molecule has 20 rings (SSSR count). The molecular formula is C94H101F4N21O4. The maximum Gasteiger partial charge on any atom is 0.255 e. The second-order valence-corrected chi connectivity index (χ2v) is 34.3. The number of hydrogen-bond acceptors (Lipinski definition) is 17. The Morgan fingerprint density at radius 3 is 1.11 bits per heavy atom. The lowest BCUT2D eigenvalue weighted by atomic mass is 9.91. The number of amides is 4. The summed E-state index contributed by atoms with van der Waals surface area (Å²) in [6.07, 6.45) is 8.27. The maximum atomic E-state index is 14.2. The van der Waals surface area contributed by atoms with Crippen LogP contribution in [0.3, 0.4) is 0 Å². The molecule has 4 N–H and O–H groups in total. The van der Waals surface area contributed by atoms with Crippen molar-refractivity contribution in [2.75, 3.05) is 120 Å². The van der Waals surface area contributed by atoms with Gasteiger partial charge in [-0.05, 0) is 168 Å². The van der Waals surface area contributed by atoms with Gasteiger partial charge in [-0.1, -0.05) is 65.8 Å². The molecule has 16 heterocycles. The Balaban J connectivity index is 0.000000116. The van der Waals surface area contributed by atoms with Crippen molar-refractivity contribution in [2.24, 2.45) is 35.5 Å². The quantitative estimate of drug-likeness (QED) is 0.0980. The molecule has 123 heavy (non-hydrogen) atoms. The molecule has 0 aliphatic carbocycles. The van der Waals surface area contributed by atoms with Crippen LogP contribution in [0.1, 0.15) is 127 Å². The third kappa shape index (κ3) is 15.4. The van der Waals surface area contributed by atoms with Crippen LogP contribution in [0.25, 0.3) is 111 Å². The van der Waals surface area contributed by atoms with Crippen LogP contribution in [0, 0.1) is 72.6 Å². The lowest BCUT2D eigenvalue weighted by molar-refractivity contribution is 0.0950. The van der Waals surface area contributed by atoms with Crippen LogP contribution in [0.15, 0.2) is 134 Å². The summed E-state index contributed by atoms with van der Waals surface area (Å²) in [5, 5.41) is 14.6. The van der Waals surface area contributed by atoms with Crippen LogP contribution >= 0.6 is 0 Å². The summed E-state index contributed by atoms with van der Waals surface area (Å²) in [6, 6.07) is 36.0. The largest absolute Gasteiger partial charge is 0.370 e. The van der Waals surface area contributed by atoms with Crippen molar-refractivity contribution < 1.29 is 36.7 Å². The van der Waals surface area contributed by atoms with Gasteiger partial charge in [-0.15, -0.1) is 0 Å². The van der Waals surface area contributed by atoms with E-state index in [9.17, 15) is 36.7 Å². The number of likely N-dealkylation sites (N-methyl/N-ethyl adjacent to an activating group) is 1. The molecule has 0 saturated carbocycles. The van der Waals surface area contributed by atoms with E-state index in [1.165, 1.54) is 19.3 Å². The molecule has 0 bridgehead atoms. The van der Waals surface area contributed by atoms with E-state index in [2.05, 4.69) is 126 Å². The molecule has 16 aromatic rings. The van der Waals surface area contributed by atoms with Gasteiger partial charge in [0.1, 0.15) is 22.6 Å². The third-order valence-electron chi connectivity index (χ3n) is 24.3. The van der Waals surface area contributed by atoms with Gasteiger partial charge in [0.2, 0.25) is 0 Å². The van der Waals surface area contributed by atoms with Gasteiger partial charge in [0, 0.05) is 179 Å². The summed E-state index contributed by atoms with van der Waals surface area (Å²) in [5.74, 6) is -1.16. The number of anilines is 4. The first-order valence-electron chi connectivity index (χ1n) is 42.5. The maximum absolute atomic E-state index is 14.2. The first-order valence-corrected chi connectivity index (χ1v) is 42.5. The van der Waals surface area contributed by atoms with E-state index in [0.717, 1.165) is 185 Å². The summed E-state index contributed by atoms with van der Waals surface area (Å²) in [5.41, 5.74) is 17.5. The number of rotatable bonds is 9. The van der Waals surface area contributed by atoms with Crippen molar-refractivity contribution >= 4 is 157 Å². The van der Waals surface area contributed by atoms with Crippen LogP contribution in [0.4, 0.5) is 40.3 Å². The van der Waals surface area contributed by atoms with Gasteiger partial charge < -0.3 is 45.8 Å². The normalized spacial score (nSPS) is 18.5. The molecule has 4 fully saturated rings. The fraction of sp³-hybridized carbons (Fsp3) is 0.362. The number of benzene rings is 4. The predicted octanol–water partition coefficient (Wildman–Crippen LogP) is 15.7. The molecule has 634 valence electrons. The summed E-state index contributed by atoms with van der Waals surface area (Å²) in [6.45, 7) is 29.7. The van der Waals surface area contributed by atoms with Crippen LogP contribution in [-0.2, 0) is 0 Å². The number of fused-ring (bicyclic) bond motifs is 20. The summed E-state index contributed by atoms with van der Waals surface area (Å²) in [7, 11) is 6.86. The molecule has 0 spiro atoms. The average Bonchev–Trinajstić information content (AvgIpc) is 1.64. The number of hydrogen-bond donors (Lipinski definition) is 4. The topological polar surface area (TPSA) is 253 Å². The lowest BCUT2D eigenvalue weighted by Crippen LogP contribution is -2.39. The Kier molecular flexibility index (Phi) is 22.4. The Labute approximate surface area is 707 Å². The van der Waals surface area contributed by atoms with E-state index >= 15 is 0 Å². The molecule has 12 aromatic heterocycles. The van der Waals surface area contributed by atoms with E-state index in [1.54, 1.807) is 48.3 Å². The summed E-state index contributed by atoms with van der Waals surface area (Å²) in [4.78, 5) is 101. The number of carbonyl (C=O) groups is 4. The molecule has 0 radical (unpaired) electrons. The zero-order chi connectivity index (χ0) is 86.2. The van der Waals surface area contributed by atoms with E-state index < -0.39 is 23.3 Å². The van der Waals surface area contributed by atoms with Gasteiger partial charge in [0.25, 0.3) is 23.6 Å². The third-order valence-corrected chi connectivity index (χ3v) is 24.3. The SMILES string of the molecule is CCNC(=O)c1cc2c(N3C[C@H](C)C[C@H](C)C3)cc(C)nc2n2c1nc1ccccc12.CNC(=O)c1cc2c(N3CCCN(C)CC3)cc(C)nc2n2c1nc1cc(F)c(F)cc12.CNC(=O)c1cc2c(N3C[C@H](C)C[C@H](C)C3)ccnc2n2c1nc1cc(F)c(F)cc12.CNC(=O)c1cc2c(N3C[C@H](C)C[C@H](C)C3)ccnc2n2c1nc1ccccc12. The minimum absolute atomic E-state index is 0.100. The lowest BCUT2D eigenvalue weighted by Gasteiger charge is -2.37. The minimum atomic E-state index is -0.981. The number of piperidine rings is 3. The highest BCUT2D eigenvalue weighted by atomic mass is 19.2. The fourth-order valence-electron chi connectivity index (χ4n) is 19.3. The minimum Gasteiger partial charge on any atom is -0.370 e. The highest BCUT2D eigenvalue weighted by molar-refractivity contribution is 6.12. The molecule has 4 amide bonds. The first-order chi connectivity index (χ1) is 59.3. The molecule has 6 atom stereocenters. The average molecular weight is 1660 g/mol. The van der Waals surface area contributed by atoms with Gasteiger partial charge in [-0.2, -0.15) is 0 Å². The standard InChI is InChI=1S/C25H29N5O.C23H24F2N6O.C23H23F2N5O.C23H25N5O/c1-5-26-25(31)19-12-18-22(29-13-15(2)10-16(3)14-29)11-17(4)27-23(18)30-21-9-7-6-8-20(21)28-24(19)30;1-13-9-19(30-6-4-5-29(3)7-8-30)14-10-15(23(32)26-2)22-28-18-11-16(24)17(25)12-20(18)31(22)21(14)27-13;1-12-6-13(2)11-29(10-12)19-4-5-27-21-14(19)7-15(23(31)26-3)22-28-18-8-16(24)17(25)9-20(18)30(21)22;1-14-10-15(2)13-27(12-14)19-8-9-25-21-16(19)11-17(23(29)24-3)22-26-18-6-4-5-7-20(18)28(21)22/h6-9,11-12,15-16H,5,10,13-14H2,1-4H3,(H,26,31);9-12H,4-8H2,1-3H3,(H,26,32);4-5,7-9,12-13H,6,10-11H2,1-3H3,(H,26,31);4-9,11,14-15H,10,12-13H2,1-3H3,(H,24,29)/t15-,16+;;12-,13+;14-,15+. The molecule has 29 heteroatoms. The molecular weight excluding hydrogens is 1560 g/mol. The van der Waals surface area contributed by atoms with Crippen molar-refractivity contribution in [3.05, 3.63) is 191 Å². The number of para-hydroxylation sites is 4. The van der Waals surface area contributed by atoms with Crippen LogP contribution < -0.4 is 40.9 Å². The fourth-order valence-corrected chi connectivity index (χ4v) is 19.3. The predicted molar refractivity (Wildman–Crippen MR) is 479 cm³/mol. The van der Waals surface area contributed by atoms with Crippen molar-refractivity contribution in [3.8, 4) is 0 Å². The number of imidazole rings is 4. The smallest absolute Gasteiger partial charge is 0.255 e. The summed E-state index contributed by atoms with van der Waals surface area (Å²) < 4.78 is 63.5. The first kappa shape index (κ1) is 82.4. The van der Waals surface area contributed by atoms with Crippen molar-refractivity contribution in [2.45, 2.75) is 88.0 Å². The van der Waals surface area contributed by atoms with Gasteiger partial charge in [-0.3, -0.25) is 36.8 Å². The van der Waals surface area contributed by atoms with Gasteiger partial charge in [0.15, 0.2) is 45.9 Å². The highest BCUT2D eigenvalue weighted by Gasteiger charge is 2.32. The Morgan fingerprint density at radius 2 is 0.707 bits per heavy atom. The van der Waals surface area contributed by atoms with Gasteiger partial charge in [-0.25, -0.2) is 57.4 Å². The van der Waals surface area contributed by atoms with E-state index in [0.29, 0.717) is 109 Å². The molecule has 0 unspecified atom stereocenters.